The van der Waals surface area contributed by atoms with Crippen molar-refractivity contribution < 1.29 is 5.11 Å². The van der Waals surface area contributed by atoms with E-state index >= 15 is 0 Å². The van der Waals surface area contributed by atoms with Gasteiger partial charge in [-0.1, -0.05) is 6.07 Å². The first-order valence-electron chi connectivity index (χ1n) is 3.12. The van der Waals surface area contributed by atoms with Crippen LogP contribution in [0.15, 0.2) is 18.2 Å². The summed E-state index contributed by atoms with van der Waals surface area (Å²) in [6.45, 7) is 0. The van der Waals surface area contributed by atoms with Crippen LogP contribution in [0.5, 0.6) is 5.75 Å². The molecule has 2 rings (SSSR count). The van der Waals surface area contributed by atoms with Crippen LogP contribution < -0.4 is 5.73 Å². The van der Waals surface area contributed by atoms with E-state index in [1.54, 1.807) is 12.1 Å². The van der Waals surface area contributed by atoms with E-state index in [-0.39, 0.29) is 5.75 Å². The highest BCUT2D eigenvalue weighted by atomic mass is 32.1. The van der Waals surface area contributed by atoms with Crippen molar-refractivity contribution in [2.45, 2.75) is 0 Å². The second-order valence-corrected chi connectivity index (χ2v) is 3.02. The lowest BCUT2D eigenvalue weighted by molar-refractivity contribution is 0.482. The molecular weight excluding hydrogens is 160 g/mol. The first kappa shape index (κ1) is 6.42. The molecule has 0 saturated heterocycles. The largest absolute Gasteiger partial charge is 0.507 e. The van der Waals surface area contributed by atoms with Crippen molar-refractivity contribution in [1.82, 2.24) is 4.37 Å². The van der Waals surface area contributed by atoms with Gasteiger partial charge in [-0.05, 0) is 23.7 Å². The first-order chi connectivity index (χ1) is 5.29. The second kappa shape index (κ2) is 2.10. The summed E-state index contributed by atoms with van der Waals surface area (Å²) in [5, 5.41) is 9.99. The number of benzene rings is 1. The van der Waals surface area contributed by atoms with Gasteiger partial charge in [0.15, 0.2) is 0 Å². The van der Waals surface area contributed by atoms with Crippen molar-refractivity contribution in [2.24, 2.45) is 0 Å². The number of phenols is 1. The van der Waals surface area contributed by atoms with Crippen molar-refractivity contribution in [3.8, 4) is 5.75 Å². The Balaban J connectivity index is 2.96. The molecule has 0 amide bonds. The molecule has 11 heavy (non-hydrogen) atoms. The number of hydrogen-bond acceptors (Lipinski definition) is 4. The number of rotatable bonds is 0. The molecule has 0 atom stereocenters. The zero-order chi connectivity index (χ0) is 7.84. The Morgan fingerprint density at radius 2 is 2.27 bits per heavy atom. The summed E-state index contributed by atoms with van der Waals surface area (Å²) >= 11 is 1.29. The van der Waals surface area contributed by atoms with Crippen LogP contribution >= 0.6 is 11.5 Å². The normalized spacial score (nSPS) is 10.5. The lowest BCUT2D eigenvalue weighted by atomic mass is 10.2. The number of nitrogens with zero attached hydrogens (tertiary/aromatic N) is 1. The zero-order valence-electron chi connectivity index (χ0n) is 5.61. The van der Waals surface area contributed by atoms with Gasteiger partial charge in [0, 0.05) is 0 Å². The minimum Gasteiger partial charge on any atom is -0.507 e. The average molecular weight is 166 g/mol. The summed E-state index contributed by atoms with van der Waals surface area (Å²) in [4.78, 5) is 0. The lowest BCUT2D eigenvalue weighted by Crippen LogP contribution is -1.82. The van der Waals surface area contributed by atoms with Gasteiger partial charge in [-0.2, -0.15) is 4.37 Å². The standard InChI is InChI=1S/C7H6N2OS/c8-7-6-4(10)2-1-3-5(6)11-9-7/h1-3,10H,(H2,8,9). The van der Waals surface area contributed by atoms with E-state index in [0.29, 0.717) is 11.2 Å². The minimum atomic E-state index is 0.203. The molecule has 56 valence electrons. The third-order valence-electron chi connectivity index (χ3n) is 1.50. The van der Waals surface area contributed by atoms with E-state index in [4.69, 9.17) is 5.73 Å². The molecule has 0 aliphatic heterocycles. The number of nitrogens with two attached hydrogens (primary N) is 1. The molecule has 4 heteroatoms. The fourth-order valence-corrected chi connectivity index (χ4v) is 1.72. The first-order valence-corrected chi connectivity index (χ1v) is 3.89. The summed E-state index contributed by atoms with van der Waals surface area (Å²) in [5.41, 5.74) is 5.52. The Labute approximate surface area is 67.2 Å². The number of anilines is 1. The Kier molecular flexibility index (Phi) is 1.22. The summed E-state index contributed by atoms with van der Waals surface area (Å²) in [7, 11) is 0. The maximum absolute atomic E-state index is 9.33. The number of phenolic OH excluding ortho intramolecular Hbond substituents is 1. The predicted octanol–water partition coefficient (Wildman–Crippen LogP) is 1.58. The van der Waals surface area contributed by atoms with Crippen LogP contribution in [0.1, 0.15) is 0 Å². The number of aromatic hydroxyl groups is 1. The minimum absolute atomic E-state index is 0.203. The fraction of sp³-hybridized carbons (Fsp3) is 0. The van der Waals surface area contributed by atoms with E-state index in [1.807, 2.05) is 6.07 Å². The van der Waals surface area contributed by atoms with Gasteiger partial charge in [0.1, 0.15) is 11.6 Å². The summed E-state index contributed by atoms with van der Waals surface area (Å²) in [6, 6.07) is 5.26. The van der Waals surface area contributed by atoms with Crippen LogP contribution in [0.4, 0.5) is 5.82 Å². The van der Waals surface area contributed by atoms with Gasteiger partial charge in [0.05, 0.1) is 10.1 Å². The van der Waals surface area contributed by atoms with Gasteiger partial charge in [-0.15, -0.1) is 0 Å². The maximum atomic E-state index is 9.33. The van der Waals surface area contributed by atoms with Crippen LogP contribution in [0.25, 0.3) is 10.1 Å². The molecule has 0 spiro atoms. The van der Waals surface area contributed by atoms with E-state index in [0.717, 1.165) is 4.70 Å². The van der Waals surface area contributed by atoms with Crippen molar-refractivity contribution in [3.63, 3.8) is 0 Å². The molecule has 0 saturated carbocycles. The molecule has 0 radical (unpaired) electrons. The average Bonchev–Trinajstić information content (AvgIpc) is 2.34. The molecule has 0 aliphatic rings. The summed E-state index contributed by atoms with van der Waals surface area (Å²) < 4.78 is 4.84. The van der Waals surface area contributed by atoms with E-state index in [2.05, 4.69) is 4.37 Å². The highest BCUT2D eigenvalue weighted by Gasteiger charge is 2.05. The van der Waals surface area contributed by atoms with Crippen molar-refractivity contribution in [2.75, 3.05) is 5.73 Å². The molecule has 0 aliphatic carbocycles. The van der Waals surface area contributed by atoms with Gasteiger partial charge in [0.2, 0.25) is 0 Å². The zero-order valence-corrected chi connectivity index (χ0v) is 6.43. The molecular formula is C7H6N2OS. The second-order valence-electron chi connectivity index (χ2n) is 2.22. The van der Waals surface area contributed by atoms with E-state index < -0.39 is 0 Å². The smallest absolute Gasteiger partial charge is 0.148 e. The molecule has 3 N–H and O–H groups in total. The lowest BCUT2D eigenvalue weighted by Gasteiger charge is -1.92. The van der Waals surface area contributed by atoms with Crippen molar-refractivity contribution >= 4 is 27.4 Å². The molecule has 0 fully saturated rings. The number of fused-ring (bicyclic) bond motifs is 1. The van der Waals surface area contributed by atoms with Crippen LogP contribution in [-0.4, -0.2) is 9.48 Å². The van der Waals surface area contributed by atoms with Crippen LogP contribution in [0.2, 0.25) is 0 Å². The number of hydrogen-bond donors (Lipinski definition) is 2. The Morgan fingerprint density at radius 3 is 3.00 bits per heavy atom. The Morgan fingerprint density at radius 1 is 1.45 bits per heavy atom. The topological polar surface area (TPSA) is 59.1 Å². The molecule has 2 aromatic rings. The van der Waals surface area contributed by atoms with Gasteiger partial charge >= 0.3 is 0 Å². The van der Waals surface area contributed by atoms with E-state index in [9.17, 15) is 5.11 Å². The van der Waals surface area contributed by atoms with E-state index in [1.165, 1.54) is 11.5 Å². The third kappa shape index (κ3) is 0.832. The molecule has 0 bridgehead atoms. The fourth-order valence-electron chi connectivity index (χ4n) is 0.997. The quantitative estimate of drug-likeness (QED) is 0.624. The van der Waals surface area contributed by atoms with Crippen LogP contribution in [0, 0.1) is 0 Å². The van der Waals surface area contributed by atoms with Gasteiger partial charge < -0.3 is 10.8 Å². The van der Waals surface area contributed by atoms with Crippen LogP contribution in [0.3, 0.4) is 0 Å². The van der Waals surface area contributed by atoms with Crippen LogP contribution in [-0.2, 0) is 0 Å². The van der Waals surface area contributed by atoms with Crippen molar-refractivity contribution in [1.29, 1.82) is 0 Å². The molecule has 1 aromatic carbocycles. The summed E-state index contributed by atoms with van der Waals surface area (Å²) in [6.07, 6.45) is 0. The number of nitrogen functional groups attached to an aromatic ring is 1. The maximum Gasteiger partial charge on any atom is 0.148 e. The van der Waals surface area contributed by atoms with Crippen molar-refractivity contribution in [3.05, 3.63) is 18.2 Å². The number of aromatic nitrogens is 1. The molecule has 3 nitrogen and oxygen atoms in total. The van der Waals surface area contributed by atoms with Gasteiger partial charge in [-0.25, -0.2) is 0 Å². The predicted molar refractivity (Wildman–Crippen MR) is 45.7 cm³/mol. The highest BCUT2D eigenvalue weighted by Crippen LogP contribution is 2.31. The molecule has 1 heterocycles. The Hall–Kier alpha value is -1.29. The van der Waals surface area contributed by atoms with Gasteiger partial charge in [-0.3, -0.25) is 0 Å². The van der Waals surface area contributed by atoms with Gasteiger partial charge in [0.25, 0.3) is 0 Å². The SMILES string of the molecule is Nc1nsc2cccc(O)c12. The summed E-state index contributed by atoms with van der Waals surface area (Å²) in [5.74, 6) is 0.608. The molecule has 1 aromatic heterocycles. The Bertz CT molecular complexity index is 396. The highest BCUT2D eigenvalue weighted by molar-refractivity contribution is 7.13. The third-order valence-corrected chi connectivity index (χ3v) is 2.33. The molecule has 0 unspecified atom stereocenters. The monoisotopic (exact) mass is 166 g/mol.